The van der Waals surface area contributed by atoms with E-state index in [1.807, 2.05) is 13.8 Å². The summed E-state index contributed by atoms with van der Waals surface area (Å²) < 4.78 is 86.8. The Hall–Kier alpha value is -2.71. The number of alkyl halides is 6. The number of esters is 1. The maximum atomic E-state index is 12.9. The number of halogens is 6. The third-order valence-electron chi connectivity index (χ3n) is 4.60. The molecule has 0 saturated carbocycles. The standard InChI is InChI=1S/C23H24F6O3/c1-4-31-21(30)19(11-14(2)3)16-7-10-20(32-13-22(24,25)26)18(12-16)15-5-8-17(9-6-15)23(27,28)29/h5-10,12,14,19H,4,11,13H2,1-3H3. The van der Waals surface area contributed by atoms with Gasteiger partial charge in [-0.25, -0.2) is 0 Å². The molecule has 0 bridgehead atoms. The summed E-state index contributed by atoms with van der Waals surface area (Å²) in [4.78, 5) is 12.5. The van der Waals surface area contributed by atoms with Crippen LogP contribution in [0.3, 0.4) is 0 Å². The van der Waals surface area contributed by atoms with E-state index in [0.717, 1.165) is 24.3 Å². The van der Waals surface area contributed by atoms with E-state index in [0.29, 0.717) is 12.0 Å². The van der Waals surface area contributed by atoms with Gasteiger partial charge in [0.1, 0.15) is 5.75 Å². The van der Waals surface area contributed by atoms with Gasteiger partial charge in [-0.2, -0.15) is 26.3 Å². The molecule has 3 nitrogen and oxygen atoms in total. The quantitative estimate of drug-likeness (QED) is 0.313. The Labute approximate surface area is 182 Å². The highest BCUT2D eigenvalue weighted by atomic mass is 19.4. The average molecular weight is 462 g/mol. The van der Waals surface area contributed by atoms with Crippen molar-refractivity contribution in [3.05, 3.63) is 53.6 Å². The minimum absolute atomic E-state index is 0.111. The zero-order chi connectivity index (χ0) is 24.1. The van der Waals surface area contributed by atoms with Gasteiger partial charge in [-0.3, -0.25) is 4.79 Å². The molecule has 2 aromatic rings. The first-order chi connectivity index (χ1) is 14.8. The molecule has 0 heterocycles. The summed E-state index contributed by atoms with van der Waals surface area (Å²) in [6, 6.07) is 8.23. The van der Waals surface area contributed by atoms with Gasteiger partial charge >= 0.3 is 18.3 Å². The highest BCUT2D eigenvalue weighted by molar-refractivity contribution is 5.80. The molecule has 0 aromatic heterocycles. The first-order valence-electron chi connectivity index (χ1n) is 9.99. The summed E-state index contributed by atoms with van der Waals surface area (Å²) in [6.45, 7) is 4.07. The van der Waals surface area contributed by atoms with Crippen molar-refractivity contribution in [2.24, 2.45) is 5.92 Å². The fourth-order valence-corrected chi connectivity index (χ4v) is 3.20. The molecule has 0 N–H and O–H groups in total. The number of rotatable bonds is 8. The lowest BCUT2D eigenvalue weighted by Crippen LogP contribution is -2.20. The van der Waals surface area contributed by atoms with Crippen LogP contribution in [0.25, 0.3) is 11.1 Å². The van der Waals surface area contributed by atoms with E-state index in [2.05, 4.69) is 0 Å². The topological polar surface area (TPSA) is 35.5 Å². The van der Waals surface area contributed by atoms with E-state index >= 15 is 0 Å². The van der Waals surface area contributed by atoms with E-state index in [1.54, 1.807) is 6.92 Å². The first-order valence-corrected chi connectivity index (χ1v) is 9.99. The summed E-state index contributed by atoms with van der Waals surface area (Å²) >= 11 is 0. The molecule has 2 aromatic carbocycles. The van der Waals surface area contributed by atoms with Crippen molar-refractivity contribution in [3.63, 3.8) is 0 Å². The average Bonchev–Trinajstić information content (AvgIpc) is 2.69. The third kappa shape index (κ3) is 7.17. The Morgan fingerprint density at radius 1 is 0.969 bits per heavy atom. The molecular weight excluding hydrogens is 438 g/mol. The summed E-state index contributed by atoms with van der Waals surface area (Å²) in [5, 5.41) is 0. The summed E-state index contributed by atoms with van der Waals surface area (Å²) in [5.41, 5.74) is -0.0338. The SMILES string of the molecule is CCOC(=O)C(CC(C)C)c1ccc(OCC(F)(F)F)c(-c2ccc(C(F)(F)F)cc2)c1. The van der Waals surface area contributed by atoms with E-state index in [1.165, 1.54) is 18.2 Å². The Bertz CT molecular complexity index is 901. The second-order valence-corrected chi connectivity index (χ2v) is 7.67. The second kappa shape index (κ2) is 10.3. The van der Waals surface area contributed by atoms with Crippen LogP contribution in [0.15, 0.2) is 42.5 Å². The Balaban J connectivity index is 2.54. The lowest BCUT2D eigenvalue weighted by atomic mass is 9.88. The van der Waals surface area contributed by atoms with Gasteiger partial charge in [0.05, 0.1) is 18.1 Å². The zero-order valence-electron chi connectivity index (χ0n) is 17.8. The molecule has 0 aliphatic rings. The predicted octanol–water partition coefficient (Wildman–Crippen LogP) is 7.01. The molecule has 0 radical (unpaired) electrons. The van der Waals surface area contributed by atoms with Crippen molar-refractivity contribution in [2.45, 2.75) is 45.5 Å². The van der Waals surface area contributed by atoms with Crippen LogP contribution in [0.4, 0.5) is 26.3 Å². The van der Waals surface area contributed by atoms with Crippen molar-refractivity contribution >= 4 is 5.97 Å². The van der Waals surface area contributed by atoms with E-state index in [-0.39, 0.29) is 29.4 Å². The van der Waals surface area contributed by atoms with Crippen molar-refractivity contribution in [1.29, 1.82) is 0 Å². The second-order valence-electron chi connectivity index (χ2n) is 7.67. The van der Waals surface area contributed by atoms with Crippen molar-refractivity contribution < 1.29 is 40.6 Å². The monoisotopic (exact) mass is 462 g/mol. The largest absolute Gasteiger partial charge is 0.483 e. The maximum absolute atomic E-state index is 12.9. The van der Waals surface area contributed by atoms with Crippen LogP contribution in [-0.4, -0.2) is 25.4 Å². The lowest BCUT2D eigenvalue weighted by molar-refractivity contribution is -0.153. The highest BCUT2D eigenvalue weighted by Crippen LogP contribution is 2.38. The Kier molecular flexibility index (Phi) is 8.20. The van der Waals surface area contributed by atoms with Gasteiger partial charge in [0.2, 0.25) is 0 Å². The van der Waals surface area contributed by atoms with Crippen LogP contribution >= 0.6 is 0 Å². The number of hydrogen-bond donors (Lipinski definition) is 0. The molecule has 0 aliphatic carbocycles. The molecule has 176 valence electrons. The molecule has 1 atom stereocenters. The van der Waals surface area contributed by atoms with Crippen molar-refractivity contribution in [2.75, 3.05) is 13.2 Å². The summed E-state index contributed by atoms with van der Waals surface area (Å²) in [5.74, 6) is -1.21. The van der Waals surface area contributed by atoms with Crippen molar-refractivity contribution in [3.8, 4) is 16.9 Å². The summed E-state index contributed by atoms with van der Waals surface area (Å²) in [6.07, 6.45) is -8.72. The van der Waals surface area contributed by atoms with Crippen LogP contribution < -0.4 is 4.74 Å². The number of benzene rings is 2. The Morgan fingerprint density at radius 3 is 2.09 bits per heavy atom. The number of ether oxygens (including phenoxy) is 2. The molecule has 32 heavy (non-hydrogen) atoms. The van der Waals surface area contributed by atoms with Crippen molar-refractivity contribution in [1.82, 2.24) is 0 Å². The molecule has 9 heteroatoms. The summed E-state index contributed by atoms with van der Waals surface area (Å²) in [7, 11) is 0. The molecule has 0 amide bonds. The molecule has 0 aliphatic heterocycles. The van der Waals surface area contributed by atoms with Gasteiger partial charge in [0.15, 0.2) is 6.61 Å². The maximum Gasteiger partial charge on any atom is 0.422 e. The van der Waals surface area contributed by atoms with Crippen LogP contribution in [0, 0.1) is 5.92 Å². The van der Waals surface area contributed by atoms with Gasteiger partial charge < -0.3 is 9.47 Å². The zero-order valence-corrected chi connectivity index (χ0v) is 17.8. The van der Waals surface area contributed by atoms with E-state index in [4.69, 9.17) is 9.47 Å². The fraction of sp³-hybridized carbons (Fsp3) is 0.435. The van der Waals surface area contributed by atoms with E-state index < -0.39 is 36.4 Å². The molecule has 0 spiro atoms. The highest BCUT2D eigenvalue weighted by Gasteiger charge is 2.31. The lowest BCUT2D eigenvalue weighted by Gasteiger charge is -2.21. The van der Waals surface area contributed by atoms with Gasteiger partial charge in [-0.1, -0.05) is 32.0 Å². The minimum Gasteiger partial charge on any atom is -0.483 e. The fourth-order valence-electron chi connectivity index (χ4n) is 3.20. The predicted molar refractivity (Wildman–Crippen MR) is 107 cm³/mol. The van der Waals surface area contributed by atoms with Crippen LogP contribution in [-0.2, 0) is 15.7 Å². The van der Waals surface area contributed by atoms with Crippen LogP contribution in [0.2, 0.25) is 0 Å². The third-order valence-corrected chi connectivity index (χ3v) is 4.60. The van der Waals surface area contributed by atoms with Gasteiger partial charge in [-0.05, 0) is 54.7 Å². The smallest absolute Gasteiger partial charge is 0.422 e. The molecule has 0 saturated heterocycles. The number of hydrogen-bond acceptors (Lipinski definition) is 3. The molecule has 0 fully saturated rings. The minimum atomic E-state index is -4.60. The molecular formula is C23H24F6O3. The normalized spacial score (nSPS) is 13.2. The van der Waals surface area contributed by atoms with Crippen LogP contribution in [0.5, 0.6) is 5.75 Å². The number of carbonyl (C=O) groups excluding carboxylic acids is 1. The van der Waals surface area contributed by atoms with Gasteiger partial charge in [0.25, 0.3) is 0 Å². The first kappa shape index (κ1) is 25.5. The van der Waals surface area contributed by atoms with Crippen LogP contribution in [0.1, 0.15) is 44.2 Å². The van der Waals surface area contributed by atoms with E-state index in [9.17, 15) is 31.1 Å². The number of carbonyl (C=O) groups is 1. The molecule has 2 rings (SSSR count). The Morgan fingerprint density at radius 2 is 1.59 bits per heavy atom. The van der Waals surface area contributed by atoms with Gasteiger partial charge in [0, 0.05) is 5.56 Å². The molecule has 1 unspecified atom stereocenters. The van der Waals surface area contributed by atoms with Gasteiger partial charge in [-0.15, -0.1) is 0 Å².